The van der Waals surface area contributed by atoms with Crippen LogP contribution in [0.1, 0.15) is 30.6 Å². The molecule has 2 N–H and O–H groups in total. The first-order chi connectivity index (χ1) is 11.8. The number of nitrogens with two attached hydrogens (primary N) is 1. The summed E-state index contributed by atoms with van der Waals surface area (Å²) in [5.41, 5.74) is 7.61. The quantitative estimate of drug-likeness (QED) is 0.865. The van der Waals surface area contributed by atoms with Gasteiger partial charge in [-0.25, -0.2) is 4.39 Å². The smallest absolute Gasteiger partial charge is 0.256 e. The monoisotopic (exact) mass is 360 g/mol. The van der Waals surface area contributed by atoms with Gasteiger partial charge >= 0.3 is 0 Å². The summed E-state index contributed by atoms with van der Waals surface area (Å²) in [6.07, 6.45) is 0.725. The first-order valence-corrected chi connectivity index (χ1v) is 8.76. The summed E-state index contributed by atoms with van der Waals surface area (Å²) >= 11 is 5.88. The molecule has 1 aliphatic rings. The van der Waals surface area contributed by atoms with Crippen molar-refractivity contribution in [1.82, 2.24) is 4.90 Å². The minimum atomic E-state index is -0.509. The third kappa shape index (κ3) is 3.70. The lowest BCUT2D eigenvalue weighted by Gasteiger charge is -2.42. The molecule has 2 aromatic carbocycles. The van der Waals surface area contributed by atoms with Crippen LogP contribution in [0, 0.1) is 11.2 Å². The van der Waals surface area contributed by atoms with Gasteiger partial charge in [-0.2, -0.15) is 0 Å². The maximum Gasteiger partial charge on any atom is 0.256 e. The maximum absolute atomic E-state index is 14.6. The summed E-state index contributed by atoms with van der Waals surface area (Å²) in [6.45, 7) is 5.17. The van der Waals surface area contributed by atoms with Crippen LogP contribution in [0.2, 0.25) is 5.02 Å². The van der Waals surface area contributed by atoms with E-state index in [1.807, 2.05) is 26.0 Å². The summed E-state index contributed by atoms with van der Waals surface area (Å²) < 4.78 is 14.6. The predicted molar refractivity (Wildman–Crippen MR) is 99.1 cm³/mol. The van der Waals surface area contributed by atoms with Crippen LogP contribution in [0.4, 0.5) is 4.39 Å². The Morgan fingerprint density at radius 3 is 2.44 bits per heavy atom. The molecular weight excluding hydrogens is 339 g/mol. The lowest BCUT2D eigenvalue weighted by molar-refractivity contribution is 0.0528. The normalized spacial score (nSPS) is 19.7. The number of nitrogens with zero attached hydrogens (tertiary/aromatic N) is 1. The molecule has 0 aromatic heterocycles. The van der Waals surface area contributed by atoms with E-state index in [1.54, 1.807) is 29.2 Å². The number of carbonyl (C=O) groups excluding carboxylic acids is 1. The van der Waals surface area contributed by atoms with Crippen LogP contribution >= 0.6 is 11.6 Å². The molecule has 1 heterocycles. The zero-order valence-electron chi connectivity index (χ0n) is 14.4. The van der Waals surface area contributed by atoms with Crippen LogP contribution in [0.5, 0.6) is 0 Å². The summed E-state index contributed by atoms with van der Waals surface area (Å²) in [7, 11) is 0. The van der Waals surface area contributed by atoms with Crippen LogP contribution < -0.4 is 5.73 Å². The SMILES string of the molecule is CC1(C)CN(C(=O)c2ccc(-c3ccc(Cl)cc3)cc2F)CCC1N. The fraction of sp³-hybridized carbons (Fsp3) is 0.350. The van der Waals surface area contributed by atoms with E-state index in [0.717, 1.165) is 12.0 Å². The van der Waals surface area contributed by atoms with Crippen LogP contribution in [-0.4, -0.2) is 29.9 Å². The van der Waals surface area contributed by atoms with Gasteiger partial charge in [-0.1, -0.05) is 43.6 Å². The Labute approximate surface area is 152 Å². The second kappa shape index (κ2) is 6.77. The summed E-state index contributed by atoms with van der Waals surface area (Å²) in [5.74, 6) is -0.787. The molecule has 1 unspecified atom stereocenters. The maximum atomic E-state index is 14.6. The summed E-state index contributed by atoms with van der Waals surface area (Å²) in [4.78, 5) is 14.4. The minimum Gasteiger partial charge on any atom is -0.338 e. The molecule has 3 nitrogen and oxygen atoms in total. The van der Waals surface area contributed by atoms with Crippen LogP contribution in [0.3, 0.4) is 0 Å². The lowest BCUT2D eigenvalue weighted by atomic mass is 9.79. The number of rotatable bonds is 2. The van der Waals surface area contributed by atoms with Gasteiger partial charge in [-0.3, -0.25) is 4.79 Å². The summed E-state index contributed by atoms with van der Waals surface area (Å²) in [5, 5.41) is 0.627. The van der Waals surface area contributed by atoms with E-state index in [-0.39, 0.29) is 22.9 Å². The molecule has 1 saturated heterocycles. The Bertz CT molecular complexity index is 789. The number of amides is 1. The van der Waals surface area contributed by atoms with Crippen molar-refractivity contribution in [3.05, 3.63) is 58.9 Å². The molecule has 0 saturated carbocycles. The van der Waals surface area contributed by atoms with E-state index in [2.05, 4.69) is 0 Å². The molecule has 3 rings (SSSR count). The van der Waals surface area contributed by atoms with Crippen LogP contribution in [0.15, 0.2) is 42.5 Å². The molecule has 0 bridgehead atoms. The minimum absolute atomic E-state index is 0.0497. The number of hydrogen-bond acceptors (Lipinski definition) is 2. The van der Waals surface area contributed by atoms with Crippen molar-refractivity contribution in [2.75, 3.05) is 13.1 Å². The number of halogens is 2. The Kier molecular flexibility index (Phi) is 4.85. The average molecular weight is 361 g/mol. The topological polar surface area (TPSA) is 46.3 Å². The van der Waals surface area contributed by atoms with Gasteiger partial charge in [-0.05, 0) is 47.2 Å². The van der Waals surface area contributed by atoms with Gasteiger partial charge in [0, 0.05) is 24.2 Å². The molecule has 1 aliphatic heterocycles. The van der Waals surface area contributed by atoms with Gasteiger partial charge in [0.05, 0.1) is 5.56 Å². The van der Waals surface area contributed by atoms with Gasteiger partial charge < -0.3 is 10.6 Å². The summed E-state index contributed by atoms with van der Waals surface area (Å²) in [6, 6.07) is 11.9. The molecule has 0 spiro atoms. The highest BCUT2D eigenvalue weighted by Crippen LogP contribution is 2.30. The fourth-order valence-corrected chi connectivity index (χ4v) is 3.35. The van der Waals surface area contributed by atoms with E-state index >= 15 is 0 Å². The highest BCUT2D eigenvalue weighted by atomic mass is 35.5. The highest BCUT2D eigenvalue weighted by Gasteiger charge is 2.36. The van der Waals surface area contributed by atoms with Crippen molar-refractivity contribution < 1.29 is 9.18 Å². The average Bonchev–Trinajstić information content (AvgIpc) is 2.57. The Morgan fingerprint density at radius 1 is 1.20 bits per heavy atom. The van der Waals surface area contributed by atoms with Crippen molar-refractivity contribution in [3.8, 4) is 11.1 Å². The molecule has 25 heavy (non-hydrogen) atoms. The highest BCUT2D eigenvalue weighted by molar-refractivity contribution is 6.30. The predicted octanol–water partition coefficient (Wildman–Crippen LogP) is 4.35. The van der Waals surface area contributed by atoms with Gasteiger partial charge in [0.2, 0.25) is 0 Å². The van der Waals surface area contributed by atoms with E-state index in [0.29, 0.717) is 23.7 Å². The second-order valence-electron chi connectivity index (χ2n) is 7.31. The van der Waals surface area contributed by atoms with Gasteiger partial charge in [0.1, 0.15) is 5.82 Å². The van der Waals surface area contributed by atoms with Crippen molar-refractivity contribution in [3.63, 3.8) is 0 Å². The Hall–Kier alpha value is -1.91. The molecule has 5 heteroatoms. The Morgan fingerprint density at radius 2 is 1.84 bits per heavy atom. The zero-order valence-corrected chi connectivity index (χ0v) is 15.2. The van der Waals surface area contributed by atoms with Gasteiger partial charge in [-0.15, -0.1) is 0 Å². The van der Waals surface area contributed by atoms with Crippen LogP contribution in [-0.2, 0) is 0 Å². The molecule has 2 aromatic rings. The number of carbonyl (C=O) groups is 1. The first-order valence-electron chi connectivity index (χ1n) is 8.38. The Balaban J connectivity index is 1.83. The first kappa shape index (κ1) is 17.9. The second-order valence-corrected chi connectivity index (χ2v) is 7.75. The molecular formula is C20H22ClFN2O. The van der Waals surface area contributed by atoms with Gasteiger partial charge in [0.15, 0.2) is 0 Å². The van der Waals surface area contributed by atoms with Crippen molar-refractivity contribution in [2.24, 2.45) is 11.1 Å². The molecule has 0 radical (unpaired) electrons. The van der Waals surface area contributed by atoms with Crippen molar-refractivity contribution >= 4 is 17.5 Å². The molecule has 1 fully saturated rings. The standard InChI is InChI=1S/C20H22ClFN2O/c1-20(2)12-24(10-9-18(20)23)19(25)16-8-5-14(11-17(16)22)13-3-6-15(21)7-4-13/h3-8,11,18H,9-10,12,23H2,1-2H3. The van der Waals surface area contributed by atoms with Crippen molar-refractivity contribution in [1.29, 1.82) is 0 Å². The zero-order chi connectivity index (χ0) is 18.2. The van der Waals surface area contributed by atoms with E-state index in [1.165, 1.54) is 6.07 Å². The third-order valence-corrected chi connectivity index (χ3v) is 5.23. The lowest BCUT2D eigenvalue weighted by Crippen LogP contribution is -2.54. The third-order valence-electron chi connectivity index (χ3n) is 4.98. The molecule has 1 amide bonds. The molecule has 1 atom stereocenters. The fourth-order valence-electron chi connectivity index (χ4n) is 3.23. The van der Waals surface area contributed by atoms with Crippen molar-refractivity contribution in [2.45, 2.75) is 26.3 Å². The molecule has 132 valence electrons. The van der Waals surface area contributed by atoms with E-state index in [9.17, 15) is 9.18 Å². The van der Waals surface area contributed by atoms with E-state index in [4.69, 9.17) is 17.3 Å². The number of likely N-dealkylation sites (tertiary alicyclic amines) is 1. The van der Waals surface area contributed by atoms with E-state index < -0.39 is 5.82 Å². The van der Waals surface area contributed by atoms with Crippen LogP contribution in [0.25, 0.3) is 11.1 Å². The molecule has 0 aliphatic carbocycles. The number of hydrogen-bond donors (Lipinski definition) is 1. The number of piperidine rings is 1. The van der Waals surface area contributed by atoms with Gasteiger partial charge in [0.25, 0.3) is 5.91 Å². The largest absolute Gasteiger partial charge is 0.338 e. The number of benzene rings is 2.